The first kappa shape index (κ1) is 10.7. The van der Waals surface area contributed by atoms with Crippen LogP contribution in [0, 0.1) is 5.41 Å². The molecule has 0 aliphatic heterocycles. The number of halogens is 1. The van der Waals surface area contributed by atoms with Crippen molar-refractivity contribution in [2.45, 2.75) is 44.4 Å². The summed E-state index contributed by atoms with van der Waals surface area (Å²) in [4.78, 5) is 0. The topological polar surface area (TPSA) is 0 Å². The van der Waals surface area contributed by atoms with Crippen molar-refractivity contribution in [1.82, 2.24) is 0 Å². The first-order valence-corrected chi connectivity index (χ1v) is 6.62. The number of hydrogen-bond acceptors (Lipinski definition) is 1. The third-order valence-corrected chi connectivity index (χ3v) is 3.97. The summed E-state index contributed by atoms with van der Waals surface area (Å²) in [5, 5.41) is 0.462. The molecule has 0 nitrogen and oxygen atoms in total. The average Bonchev–Trinajstić information content (AvgIpc) is 2.32. The van der Waals surface area contributed by atoms with E-state index in [-0.39, 0.29) is 0 Å². The van der Waals surface area contributed by atoms with E-state index in [1.165, 1.54) is 37.9 Å². The largest absolute Gasteiger partial charge is 0.165 e. The Kier molecular flexibility index (Phi) is 4.25. The molecule has 2 unspecified atom stereocenters. The molecular formula is C10H19ClS. The van der Waals surface area contributed by atoms with Gasteiger partial charge in [0.05, 0.1) is 0 Å². The minimum atomic E-state index is 0.462. The van der Waals surface area contributed by atoms with E-state index in [0.717, 1.165) is 0 Å². The van der Waals surface area contributed by atoms with Gasteiger partial charge in [-0.1, -0.05) is 6.92 Å². The fourth-order valence-corrected chi connectivity index (χ4v) is 3.03. The smallest absolute Gasteiger partial charge is 0.0341 e. The van der Waals surface area contributed by atoms with Gasteiger partial charge < -0.3 is 0 Å². The van der Waals surface area contributed by atoms with Gasteiger partial charge in [0.25, 0.3) is 0 Å². The molecule has 0 saturated heterocycles. The molecular weight excluding hydrogens is 188 g/mol. The first-order valence-electron chi connectivity index (χ1n) is 4.79. The molecule has 2 heteroatoms. The summed E-state index contributed by atoms with van der Waals surface area (Å²) in [6, 6.07) is 0. The van der Waals surface area contributed by atoms with E-state index >= 15 is 0 Å². The quantitative estimate of drug-likeness (QED) is 0.496. The molecule has 0 amide bonds. The van der Waals surface area contributed by atoms with Crippen molar-refractivity contribution in [3.63, 3.8) is 0 Å². The number of hydrogen-bond donors (Lipinski definition) is 0. The average molecular weight is 207 g/mol. The lowest BCUT2D eigenvalue weighted by molar-refractivity contribution is 0.306. The molecule has 1 aliphatic carbocycles. The Hall–Kier alpha value is 0.640. The Labute approximate surface area is 85.4 Å². The maximum atomic E-state index is 6.10. The van der Waals surface area contributed by atoms with Crippen LogP contribution in [0.15, 0.2) is 0 Å². The van der Waals surface area contributed by atoms with Crippen molar-refractivity contribution in [3.8, 4) is 0 Å². The molecule has 1 fully saturated rings. The minimum Gasteiger partial charge on any atom is -0.165 e. The van der Waals surface area contributed by atoms with E-state index in [1.807, 2.05) is 11.8 Å². The van der Waals surface area contributed by atoms with Crippen LogP contribution in [0.3, 0.4) is 0 Å². The van der Waals surface area contributed by atoms with E-state index < -0.39 is 0 Å². The van der Waals surface area contributed by atoms with Crippen LogP contribution in [0.4, 0.5) is 0 Å². The summed E-state index contributed by atoms with van der Waals surface area (Å²) in [5.74, 6) is 1.31. The van der Waals surface area contributed by atoms with Crippen LogP contribution in [-0.2, 0) is 0 Å². The predicted octanol–water partition coefficient (Wildman–Crippen LogP) is 3.93. The van der Waals surface area contributed by atoms with Gasteiger partial charge in [-0.3, -0.25) is 0 Å². The molecule has 72 valence electrons. The lowest BCUT2D eigenvalue weighted by atomic mass is 9.84. The van der Waals surface area contributed by atoms with Gasteiger partial charge in [-0.2, -0.15) is 11.8 Å². The van der Waals surface area contributed by atoms with Crippen LogP contribution in [-0.4, -0.2) is 17.4 Å². The van der Waals surface area contributed by atoms with Crippen LogP contribution >= 0.6 is 23.4 Å². The summed E-state index contributed by atoms with van der Waals surface area (Å²) >= 11 is 8.06. The Morgan fingerprint density at radius 2 is 2.33 bits per heavy atom. The van der Waals surface area contributed by atoms with Gasteiger partial charge in [0.1, 0.15) is 0 Å². The van der Waals surface area contributed by atoms with Crippen molar-refractivity contribution in [2.75, 3.05) is 12.0 Å². The Balaban J connectivity index is 2.21. The molecule has 0 aromatic carbocycles. The van der Waals surface area contributed by atoms with E-state index in [0.29, 0.717) is 10.8 Å². The van der Waals surface area contributed by atoms with E-state index in [1.54, 1.807) is 0 Å². The molecule has 2 atom stereocenters. The molecule has 0 aromatic rings. The predicted molar refractivity (Wildman–Crippen MR) is 59.2 cm³/mol. The summed E-state index contributed by atoms with van der Waals surface area (Å²) in [6.45, 7) is 2.40. The van der Waals surface area contributed by atoms with E-state index in [9.17, 15) is 0 Å². The highest BCUT2D eigenvalue weighted by atomic mass is 35.5. The van der Waals surface area contributed by atoms with E-state index in [2.05, 4.69) is 13.2 Å². The SMILES string of the molecule is CSCCCC1(C)CCC(Cl)C1. The lowest BCUT2D eigenvalue weighted by Gasteiger charge is -2.23. The summed E-state index contributed by atoms with van der Waals surface area (Å²) in [6.07, 6.45) is 8.73. The molecule has 0 N–H and O–H groups in total. The highest BCUT2D eigenvalue weighted by Crippen LogP contribution is 2.43. The lowest BCUT2D eigenvalue weighted by Crippen LogP contribution is -2.12. The molecule has 0 heterocycles. The fraction of sp³-hybridized carbons (Fsp3) is 1.00. The molecule has 0 radical (unpaired) electrons. The monoisotopic (exact) mass is 206 g/mol. The number of thioether (sulfide) groups is 1. The fourth-order valence-electron chi connectivity index (χ4n) is 2.11. The van der Waals surface area contributed by atoms with Gasteiger partial charge in [-0.15, -0.1) is 11.6 Å². The first-order chi connectivity index (χ1) is 5.66. The van der Waals surface area contributed by atoms with Crippen LogP contribution < -0.4 is 0 Å². The van der Waals surface area contributed by atoms with Crippen LogP contribution in [0.2, 0.25) is 0 Å². The minimum absolute atomic E-state index is 0.462. The van der Waals surface area contributed by atoms with Crippen molar-refractivity contribution in [2.24, 2.45) is 5.41 Å². The third-order valence-electron chi connectivity index (χ3n) is 2.90. The maximum Gasteiger partial charge on any atom is 0.0341 e. The summed E-state index contributed by atoms with van der Waals surface area (Å²) < 4.78 is 0. The molecule has 0 bridgehead atoms. The standard InChI is InChI=1S/C10H19ClS/c1-10(5-3-7-12-2)6-4-9(11)8-10/h9H,3-8H2,1-2H3. The van der Waals surface area contributed by atoms with Crippen LogP contribution in [0.25, 0.3) is 0 Å². The molecule has 1 saturated carbocycles. The molecule has 0 spiro atoms. The number of alkyl halides is 1. The van der Waals surface area contributed by atoms with Gasteiger partial charge in [-0.25, -0.2) is 0 Å². The number of rotatable bonds is 4. The van der Waals surface area contributed by atoms with Gasteiger partial charge in [0.15, 0.2) is 0 Å². The Bertz CT molecular complexity index is 138. The Morgan fingerprint density at radius 1 is 1.58 bits per heavy atom. The zero-order valence-corrected chi connectivity index (χ0v) is 9.68. The molecule has 1 rings (SSSR count). The highest BCUT2D eigenvalue weighted by Gasteiger charge is 2.33. The second-order valence-electron chi connectivity index (χ2n) is 4.25. The van der Waals surface area contributed by atoms with Gasteiger partial charge in [0, 0.05) is 5.38 Å². The summed E-state index contributed by atoms with van der Waals surface area (Å²) in [7, 11) is 0. The molecule has 1 aliphatic rings. The van der Waals surface area contributed by atoms with Crippen LogP contribution in [0.1, 0.15) is 39.0 Å². The highest BCUT2D eigenvalue weighted by molar-refractivity contribution is 7.98. The van der Waals surface area contributed by atoms with E-state index in [4.69, 9.17) is 11.6 Å². The Morgan fingerprint density at radius 3 is 2.83 bits per heavy atom. The van der Waals surface area contributed by atoms with Crippen molar-refractivity contribution >= 4 is 23.4 Å². The second-order valence-corrected chi connectivity index (χ2v) is 5.85. The second kappa shape index (κ2) is 4.76. The van der Waals surface area contributed by atoms with Gasteiger partial charge in [0.2, 0.25) is 0 Å². The van der Waals surface area contributed by atoms with Gasteiger partial charge in [-0.05, 0) is 49.5 Å². The van der Waals surface area contributed by atoms with Crippen molar-refractivity contribution in [3.05, 3.63) is 0 Å². The zero-order chi connectivity index (χ0) is 9.03. The van der Waals surface area contributed by atoms with Crippen molar-refractivity contribution in [1.29, 1.82) is 0 Å². The third kappa shape index (κ3) is 3.18. The molecule has 0 aromatic heterocycles. The summed E-state index contributed by atoms with van der Waals surface area (Å²) in [5.41, 5.74) is 0.572. The van der Waals surface area contributed by atoms with Gasteiger partial charge >= 0.3 is 0 Å². The molecule has 12 heavy (non-hydrogen) atoms. The van der Waals surface area contributed by atoms with Crippen molar-refractivity contribution < 1.29 is 0 Å². The maximum absolute atomic E-state index is 6.10. The van der Waals surface area contributed by atoms with Crippen LogP contribution in [0.5, 0.6) is 0 Å². The zero-order valence-electron chi connectivity index (χ0n) is 8.11. The normalized spacial score (nSPS) is 35.8.